The molecule has 0 aliphatic carbocycles. The Hall–Kier alpha value is -2.87. The summed E-state index contributed by atoms with van der Waals surface area (Å²) in [5.41, 5.74) is 2.06. The molecule has 0 aliphatic rings. The Morgan fingerprint density at radius 1 is 1.33 bits per heavy atom. The molecule has 0 unspecified atom stereocenters. The van der Waals surface area contributed by atoms with E-state index in [0.717, 1.165) is 5.76 Å². The van der Waals surface area contributed by atoms with E-state index in [1.54, 1.807) is 18.4 Å². The van der Waals surface area contributed by atoms with E-state index in [9.17, 15) is 14.9 Å². The van der Waals surface area contributed by atoms with Gasteiger partial charge in [0.15, 0.2) is 0 Å². The van der Waals surface area contributed by atoms with Crippen molar-refractivity contribution >= 4 is 17.3 Å². The number of nitrogens with two attached hydrogens (primary N) is 1. The van der Waals surface area contributed by atoms with E-state index in [-0.39, 0.29) is 16.9 Å². The minimum absolute atomic E-state index is 0.0157. The van der Waals surface area contributed by atoms with Gasteiger partial charge < -0.3 is 15.2 Å². The van der Waals surface area contributed by atoms with Gasteiger partial charge in [-0.2, -0.15) is 0 Å². The lowest BCUT2D eigenvalue weighted by Gasteiger charge is -2.09. The molecule has 4 N–H and O–H groups in total. The van der Waals surface area contributed by atoms with Crippen molar-refractivity contribution in [3.05, 3.63) is 58.0 Å². The van der Waals surface area contributed by atoms with Crippen LogP contribution < -0.4 is 16.6 Å². The molecule has 2 aromatic rings. The van der Waals surface area contributed by atoms with Gasteiger partial charge in [0.1, 0.15) is 11.4 Å². The normalized spacial score (nSPS) is 10.1. The maximum Gasteiger partial charge on any atom is 0.294 e. The first kappa shape index (κ1) is 14.5. The first-order valence-electron chi connectivity index (χ1n) is 6.18. The molecular formula is C13H14N4O4. The SMILES string of the molecule is NNc1c(C(=O)NCCc2ccco2)cccc1[N+](=O)[O-]. The molecule has 1 aromatic heterocycles. The van der Waals surface area contributed by atoms with Gasteiger partial charge in [-0.1, -0.05) is 6.07 Å². The van der Waals surface area contributed by atoms with E-state index in [4.69, 9.17) is 10.3 Å². The zero-order chi connectivity index (χ0) is 15.2. The van der Waals surface area contributed by atoms with E-state index in [0.29, 0.717) is 13.0 Å². The number of nitrogens with one attached hydrogen (secondary N) is 2. The highest BCUT2D eigenvalue weighted by Gasteiger charge is 2.20. The summed E-state index contributed by atoms with van der Waals surface area (Å²) in [7, 11) is 0. The van der Waals surface area contributed by atoms with Crippen molar-refractivity contribution in [1.82, 2.24) is 5.32 Å². The number of hydrogen-bond acceptors (Lipinski definition) is 6. The number of carbonyl (C=O) groups is 1. The number of hydrazine groups is 1. The van der Waals surface area contributed by atoms with Crippen molar-refractivity contribution in [1.29, 1.82) is 0 Å². The molecule has 0 radical (unpaired) electrons. The Morgan fingerprint density at radius 2 is 2.14 bits per heavy atom. The molecule has 0 saturated heterocycles. The predicted molar refractivity (Wildman–Crippen MR) is 75.7 cm³/mol. The Balaban J connectivity index is 2.08. The van der Waals surface area contributed by atoms with Crippen LogP contribution in [0.4, 0.5) is 11.4 Å². The first-order valence-corrected chi connectivity index (χ1v) is 6.18. The van der Waals surface area contributed by atoms with Crippen molar-refractivity contribution in [3.63, 3.8) is 0 Å². The van der Waals surface area contributed by atoms with Gasteiger partial charge in [-0.05, 0) is 18.2 Å². The molecule has 8 heteroatoms. The lowest BCUT2D eigenvalue weighted by Crippen LogP contribution is -2.27. The van der Waals surface area contributed by atoms with Crippen molar-refractivity contribution in [2.45, 2.75) is 6.42 Å². The molecule has 1 amide bonds. The Morgan fingerprint density at radius 3 is 2.76 bits per heavy atom. The summed E-state index contributed by atoms with van der Waals surface area (Å²) in [6.45, 7) is 0.346. The van der Waals surface area contributed by atoms with Crippen molar-refractivity contribution in [3.8, 4) is 0 Å². The number of benzene rings is 1. The van der Waals surface area contributed by atoms with E-state index in [1.165, 1.54) is 18.2 Å². The number of furan rings is 1. The van der Waals surface area contributed by atoms with Crippen LogP contribution in [0.2, 0.25) is 0 Å². The third-order valence-corrected chi connectivity index (χ3v) is 2.87. The minimum Gasteiger partial charge on any atom is -0.469 e. The standard InChI is InChI=1S/C13H14N4O4/c14-16-12-10(4-1-5-11(12)17(19)20)13(18)15-7-6-9-3-2-8-21-9/h1-5,8,16H,6-7,14H2,(H,15,18). The summed E-state index contributed by atoms with van der Waals surface area (Å²) >= 11 is 0. The number of amides is 1. The van der Waals surface area contributed by atoms with E-state index < -0.39 is 10.8 Å². The molecule has 110 valence electrons. The molecule has 0 atom stereocenters. The maximum absolute atomic E-state index is 12.1. The number of hydrogen-bond donors (Lipinski definition) is 3. The van der Waals surface area contributed by atoms with Crippen LogP contribution in [0, 0.1) is 10.1 Å². The fourth-order valence-electron chi connectivity index (χ4n) is 1.88. The largest absolute Gasteiger partial charge is 0.469 e. The molecule has 2 rings (SSSR count). The quantitative estimate of drug-likeness (QED) is 0.420. The fraction of sp³-hybridized carbons (Fsp3) is 0.154. The highest BCUT2D eigenvalue weighted by atomic mass is 16.6. The van der Waals surface area contributed by atoms with Gasteiger partial charge in [0.2, 0.25) is 0 Å². The van der Waals surface area contributed by atoms with E-state index in [2.05, 4.69) is 10.7 Å². The van der Waals surface area contributed by atoms with Gasteiger partial charge in [-0.25, -0.2) is 0 Å². The van der Waals surface area contributed by atoms with Crippen LogP contribution in [0.5, 0.6) is 0 Å². The van der Waals surface area contributed by atoms with Crippen LogP contribution in [0.25, 0.3) is 0 Å². The molecule has 1 heterocycles. The van der Waals surface area contributed by atoms with Crippen LogP contribution in [0.1, 0.15) is 16.1 Å². The number of carbonyl (C=O) groups excluding carboxylic acids is 1. The van der Waals surface area contributed by atoms with Crippen LogP contribution in [0.3, 0.4) is 0 Å². The summed E-state index contributed by atoms with van der Waals surface area (Å²) in [6.07, 6.45) is 2.08. The second-order valence-electron chi connectivity index (χ2n) is 4.19. The van der Waals surface area contributed by atoms with Gasteiger partial charge in [0.05, 0.1) is 16.7 Å². The Labute approximate surface area is 120 Å². The molecular weight excluding hydrogens is 276 g/mol. The fourth-order valence-corrected chi connectivity index (χ4v) is 1.88. The van der Waals surface area contributed by atoms with E-state index in [1.807, 2.05) is 0 Å². The third-order valence-electron chi connectivity index (χ3n) is 2.87. The maximum atomic E-state index is 12.1. The molecule has 1 aromatic carbocycles. The summed E-state index contributed by atoms with van der Waals surface area (Å²) in [6, 6.07) is 7.72. The zero-order valence-electron chi connectivity index (χ0n) is 11.0. The summed E-state index contributed by atoms with van der Waals surface area (Å²) in [5.74, 6) is 5.58. The predicted octanol–water partition coefficient (Wildman–Crippen LogP) is 1.45. The van der Waals surface area contributed by atoms with Gasteiger partial charge >= 0.3 is 0 Å². The Kier molecular flexibility index (Phi) is 4.52. The van der Waals surface area contributed by atoms with Gasteiger partial charge in [-0.3, -0.25) is 20.8 Å². The van der Waals surface area contributed by atoms with Crippen molar-refractivity contribution < 1.29 is 14.1 Å². The lowest BCUT2D eigenvalue weighted by atomic mass is 10.1. The van der Waals surface area contributed by atoms with Crippen LogP contribution >= 0.6 is 0 Å². The molecule has 0 aliphatic heterocycles. The second-order valence-corrected chi connectivity index (χ2v) is 4.19. The summed E-state index contributed by atoms with van der Waals surface area (Å²) in [5, 5.41) is 13.6. The van der Waals surface area contributed by atoms with Gasteiger partial charge in [0, 0.05) is 19.0 Å². The topological polar surface area (TPSA) is 123 Å². The lowest BCUT2D eigenvalue weighted by molar-refractivity contribution is -0.384. The van der Waals surface area contributed by atoms with Crippen molar-refractivity contribution in [2.75, 3.05) is 12.0 Å². The number of anilines is 1. The second kappa shape index (κ2) is 6.53. The van der Waals surface area contributed by atoms with Gasteiger partial charge in [0.25, 0.3) is 11.6 Å². The average molecular weight is 290 g/mol. The highest BCUT2D eigenvalue weighted by molar-refractivity contribution is 6.01. The van der Waals surface area contributed by atoms with Crippen LogP contribution in [0.15, 0.2) is 41.0 Å². The summed E-state index contributed by atoms with van der Waals surface area (Å²) in [4.78, 5) is 22.4. The number of nitrogens with zero attached hydrogens (tertiary/aromatic N) is 1. The number of para-hydroxylation sites is 1. The van der Waals surface area contributed by atoms with Crippen LogP contribution in [-0.2, 0) is 6.42 Å². The monoisotopic (exact) mass is 290 g/mol. The van der Waals surface area contributed by atoms with Crippen LogP contribution in [-0.4, -0.2) is 17.4 Å². The molecule has 0 saturated carbocycles. The minimum atomic E-state index is -0.602. The molecule has 0 spiro atoms. The van der Waals surface area contributed by atoms with Gasteiger partial charge in [-0.15, -0.1) is 0 Å². The number of nitro benzene ring substituents is 1. The molecule has 8 nitrogen and oxygen atoms in total. The molecule has 0 fully saturated rings. The number of nitro groups is 1. The average Bonchev–Trinajstić information content (AvgIpc) is 2.99. The smallest absolute Gasteiger partial charge is 0.294 e. The number of rotatable bonds is 6. The Bertz CT molecular complexity index is 640. The highest BCUT2D eigenvalue weighted by Crippen LogP contribution is 2.27. The summed E-state index contributed by atoms with van der Waals surface area (Å²) < 4.78 is 5.14. The first-order chi connectivity index (χ1) is 10.1. The third kappa shape index (κ3) is 3.37. The molecule has 0 bridgehead atoms. The van der Waals surface area contributed by atoms with E-state index >= 15 is 0 Å². The number of nitrogen functional groups attached to an aromatic ring is 1. The van der Waals surface area contributed by atoms with Crippen molar-refractivity contribution in [2.24, 2.45) is 5.84 Å². The molecule has 21 heavy (non-hydrogen) atoms. The zero-order valence-corrected chi connectivity index (χ0v) is 11.0.